The summed E-state index contributed by atoms with van der Waals surface area (Å²) in [6, 6.07) is 12.7. The summed E-state index contributed by atoms with van der Waals surface area (Å²) in [5.74, 6) is -3.50. The van der Waals surface area contributed by atoms with E-state index in [1.165, 1.54) is 4.90 Å². The predicted octanol–water partition coefficient (Wildman–Crippen LogP) is 4.72. The Morgan fingerprint density at radius 3 is 2.43 bits per heavy atom. The third-order valence-electron chi connectivity index (χ3n) is 10.4. The Kier molecular flexibility index (Phi) is 11.1. The number of rotatable bonds is 15. The Bertz CT molecular complexity index is 1550. The van der Waals surface area contributed by atoms with Gasteiger partial charge in [0.2, 0.25) is 11.8 Å². The SMILES string of the molecule is C=CCCC(=O)N[C@H](C)[C@@H](OC(=O)[C@@H]1[C@@H]2CC[C@]3(O2)[C@H](C(=O)N(CC=C)c2c(C)cccc2C)N([C@@H](CC)CO)C(=O)[C@@H]13)c1ccccc1. The number of aliphatic hydroxyl groups excluding tert-OH is 1. The summed E-state index contributed by atoms with van der Waals surface area (Å²) in [6.45, 7) is 14.9. The molecule has 262 valence electrons. The summed E-state index contributed by atoms with van der Waals surface area (Å²) in [5, 5.41) is 13.4. The van der Waals surface area contributed by atoms with E-state index in [9.17, 15) is 24.3 Å². The van der Waals surface area contributed by atoms with Gasteiger partial charge >= 0.3 is 5.97 Å². The first kappa shape index (κ1) is 36.0. The van der Waals surface area contributed by atoms with Gasteiger partial charge in [0.05, 0.1) is 36.6 Å². The zero-order valence-electron chi connectivity index (χ0n) is 29.0. The molecule has 49 heavy (non-hydrogen) atoms. The molecule has 0 unspecified atom stereocenters. The molecule has 10 nitrogen and oxygen atoms in total. The van der Waals surface area contributed by atoms with Crippen molar-refractivity contribution < 1.29 is 33.8 Å². The number of amides is 3. The molecule has 3 aliphatic rings. The van der Waals surface area contributed by atoms with Gasteiger partial charge in [-0.15, -0.1) is 13.2 Å². The number of nitrogens with one attached hydrogen (secondary N) is 1. The zero-order valence-corrected chi connectivity index (χ0v) is 29.0. The van der Waals surface area contributed by atoms with Crippen molar-refractivity contribution in [2.75, 3.05) is 18.1 Å². The van der Waals surface area contributed by atoms with E-state index >= 15 is 0 Å². The number of likely N-dealkylation sites (tertiary alicyclic amines) is 1. The normalized spacial score (nSPS) is 25.7. The molecule has 3 aliphatic heterocycles. The maximum atomic E-state index is 14.9. The molecule has 0 aliphatic carbocycles. The number of allylic oxidation sites excluding steroid dienone is 1. The van der Waals surface area contributed by atoms with Crippen LogP contribution in [0.2, 0.25) is 0 Å². The number of esters is 1. The lowest BCUT2D eigenvalue weighted by Gasteiger charge is -2.39. The highest BCUT2D eigenvalue weighted by molar-refractivity contribution is 6.05. The molecule has 3 heterocycles. The van der Waals surface area contributed by atoms with Crippen LogP contribution in [0.15, 0.2) is 73.8 Å². The van der Waals surface area contributed by atoms with Crippen LogP contribution in [-0.2, 0) is 28.7 Å². The quantitative estimate of drug-likeness (QED) is 0.207. The number of carbonyl (C=O) groups is 4. The Labute approximate surface area is 289 Å². The minimum Gasteiger partial charge on any atom is -0.455 e. The Morgan fingerprint density at radius 2 is 1.82 bits per heavy atom. The van der Waals surface area contributed by atoms with Crippen LogP contribution in [0, 0.1) is 25.7 Å². The lowest BCUT2D eigenvalue weighted by Crippen LogP contribution is -2.59. The van der Waals surface area contributed by atoms with Gasteiger partial charge in [-0.1, -0.05) is 67.6 Å². The van der Waals surface area contributed by atoms with Crippen LogP contribution in [0.25, 0.3) is 0 Å². The molecule has 8 atom stereocenters. The molecular weight excluding hydrogens is 622 g/mol. The lowest BCUT2D eigenvalue weighted by molar-refractivity contribution is -0.162. The maximum absolute atomic E-state index is 14.9. The van der Waals surface area contributed by atoms with E-state index < -0.39 is 59.6 Å². The van der Waals surface area contributed by atoms with Crippen molar-refractivity contribution in [3.05, 3.63) is 90.5 Å². The molecule has 3 amide bonds. The molecule has 2 aromatic carbocycles. The second-order valence-electron chi connectivity index (χ2n) is 13.5. The number of aliphatic hydroxyl groups is 1. The van der Waals surface area contributed by atoms with Crippen LogP contribution in [0.4, 0.5) is 5.69 Å². The summed E-state index contributed by atoms with van der Waals surface area (Å²) in [6.07, 6.45) is 3.88. The predicted molar refractivity (Wildman–Crippen MR) is 186 cm³/mol. The van der Waals surface area contributed by atoms with Gasteiger partial charge in [-0.05, 0) is 63.1 Å². The monoisotopic (exact) mass is 671 g/mol. The van der Waals surface area contributed by atoms with Crippen molar-refractivity contribution in [1.29, 1.82) is 0 Å². The first-order valence-corrected chi connectivity index (χ1v) is 17.3. The third kappa shape index (κ3) is 6.56. The second kappa shape index (κ2) is 15.1. The van der Waals surface area contributed by atoms with E-state index in [4.69, 9.17) is 9.47 Å². The second-order valence-corrected chi connectivity index (χ2v) is 13.5. The molecule has 0 aromatic heterocycles. The highest BCUT2D eigenvalue weighted by Crippen LogP contribution is 2.59. The third-order valence-corrected chi connectivity index (χ3v) is 10.4. The minimum absolute atomic E-state index is 0.197. The van der Waals surface area contributed by atoms with E-state index in [0.717, 1.165) is 16.8 Å². The molecule has 0 saturated carbocycles. The van der Waals surface area contributed by atoms with Crippen LogP contribution < -0.4 is 10.2 Å². The number of hydrogen-bond acceptors (Lipinski definition) is 7. The van der Waals surface area contributed by atoms with Gasteiger partial charge in [0, 0.05) is 18.7 Å². The average molecular weight is 672 g/mol. The fraction of sp³-hybridized carbons (Fsp3) is 0.487. The molecule has 5 rings (SSSR count). The smallest absolute Gasteiger partial charge is 0.313 e. The summed E-state index contributed by atoms with van der Waals surface area (Å²) in [7, 11) is 0. The van der Waals surface area contributed by atoms with Gasteiger partial charge in [-0.25, -0.2) is 0 Å². The zero-order chi connectivity index (χ0) is 35.5. The van der Waals surface area contributed by atoms with Gasteiger partial charge in [0.1, 0.15) is 17.7 Å². The summed E-state index contributed by atoms with van der Waals surface area (Å²) in [5.41, 5.74) is 1.93. The molecule has 10 heteroatoms. The number of fused-ring (bicyclic) bond motifs is 1. The molecule has 3 fully saturated rings. The van der Waals surface area contributed by atoms with Crippen molar-refractivity contribution in [1.82, 2.24) is 10.2 Å². The molecular formula is C39H49N3O7. The van der Waals surface area contributed by atoms with E-state index in [1.54, 1.807) is 24.0 Å². The van der Waals surface area contributed by atoms with Crippen LogP contribution >= 0.6 is 0 Å². The van der Waals surface area contributed by atoms with E-state index in [2.05, 4.69) is 18.5 Å². The topological polar surface area (TPSA) is 125 Å². The Morgan fingerprint density at radius 1 is 1.12 bits per heavy atom. The summed E-state index contributed by atoms with van der Waals surface area (Å²) in [4.78, 5) is 59.7. The number of benzene rings is 2. The van der Waals surface area contributed by atoms with Gasteiger partial charge in [-0.3, -0.25) is 19.2 Å². The van der Waals surface area contributed by atoms with E-state index in [-0.39, 0.29) is 31.4 Å². The molecule has 2 aromatic rings. The van der Waals surface area contributed by atoms with Crippen LogP contribution in [-0.4, -0.2) is 76.7 Å². The van der Waals surface area contributed by atoms with Crippen molar-refractivity contribution >= 4 is 29.4 Å². The maximum Gasteiger partial charge on any atom is 0.313 e. The number of aryl methyl sites for hydroxylation is 2. The Balaban J connectivity index is 1.52. The first-order valence-electron chi connectivity index (χ1n) is 17.3. The highest BCUT2D eigenvalue weighted by Gasteiger charge is 2.75. The van der Waals surface area contributed by atoms with Gasteiger partial charge in [-0.2, -0.15) is 0 Å². The highest BCUT2D eigenvalue weighted by atomic mass is 16.6. The number of anilines is 1. The summed E-state index contributed by atoms with van der Waals surface area (Å²) >= 11 is 0. The van der Waals surface area contributed by atoms with Crippen LogP contribution in [0.3, 0.4) is 0 Å². The number of para-hydroxylation sites is 1. The lowest BCUT2D eigenvalue weighted by atomic mass is 9.70. The standard InChI is InChI=1S/C39H49N3O7/c1-7-10-19-30(44)40-26(6)34(27-17-12-11-13-18-27)48-38(47)31-29-20-21-39(49-29)32(31)36(45)42(28(9-3)23-43)35(39)37(46)41(22-8-2)33-24(4)15-14-16-25(33)5/h7-8,11-18,26,28-29,31-32,34-35,43H,1-2,9-10,19-23H2,3-6H3,(H,40,44)/t26-,28+,29+,31-,32-,34-,35+,39-/m1/s1. The van der Waals surface area contributed by atoms with Crippen molar-refractivity contribution in [2.24, 2.45) is 11.8 Å². The number of carbonyl (C=O) groups excluding carboxylic acids is 4. The number of hydrogen-bond donors (Lipinski definition) is 2. The van der Waals surface area contributed by atoms with E-state index in [1.807, 2.05) is 69.3 Å². The largest absolute Gasteiger partial charge is 0.455 e. The fourth-order valence-corrected chi connectivity index (χ4v) is 8.19. The molecule has 2 bridgehead atoms. The van der Waals surface area contributed by atoms with Crippen molar-refractivity contribution in [2.45, 2.75) is 95.7 Å². The van der Waals surface area contributed by atoms with Gasteiger partial charge in [0.25, 0.3) is 5.91 Å². The van der Waals surface area contributed by atoms with E-state index in [0.29, 0.717) is 31.2 Å². The van der Waals surface area contributed by atoms with Gasteiger partial charge in [0.15, 0.2) is 0 Å². The molecule has 0 radical (unpaired) electrons. The minimum atomic E-state index is -1.28. The molecule has 1 spiro atoms. The summed E-state index contributed by atoms with van der Waals surface area (Å²) < 4.78 is 12.9. The van der Waals surface area contributed by atoms with Crippen molar-refractivity contribution in [3.63, 3.8) is 0 Å². The Hall–Kier alpha value is -4.28. The number of ether oxygens (including phenoxy) is 2. The fourth-order valence-electron chi connectivity index (χ4n) is 8.19. The number of nitrogens with zero attached hydrogens (tertiary/aromatic N) is 2. The van der Waals surface area contributed by atoms with Crippen molar-refractivity contribution in [3.8, 4) is 0 Å². The molecule has 2 N–H and O–H groups in total. The van der Waals surface area contributed by atoms with Crippen LogP contribution in [0.5, 0.6) is 0 Å². The average Bonchev–Trinajstić information content (AvgIpc) is 3.74. The molecule has 3 saturated heterocycles. The first-order chi connectivity index (χ1) is 23.5. The van der Waals surface area contributed by atoms with Crippen LogP contribution in [0.1, 0.15) is 68.7 Å². The van der Waals surface area contributed by atoms with Gasteiger partial charge < -0.3 is 29.7 Å².